The first-order valence-electron chi connectivity index (χ1n) is 12.3. The van der Waals surface area contributed by atoms with Crippen LogP contribution in [0.4, 0.5) is 5.13 Å². The van der Waals surface area contributed by atoms with Crippen LogP contribution in [0.5, 0.6) is 0 Å². The molecule has 0 amide bonds. The Morgan fingerprint density at radius 3 is 2.43 bits per heavy atom. The molecule has 1 saturated heterocycles. The number of thiazole rings is 1. The number of para-hydroxylation sites is 1. The van der Waals surface area contributed by atoms with Gasteiger partial charge in [-0.1, -0.05) is 64.0 Å². The predicted molar refractivity (Wildman–Crippen MR) is 145 cm³/mol. The highest BCUT2D eigenvalue weighted by atomic mass is 35.5. The van der Waals surface area contributed by atoms with Crippen molar-refractivity contribution < 1.29 is 4.52 Å². The van der Waals surface area contributed by atoms with Crippen molar-refractivity contribution in [1.29, 1.82) is 0 Å². The van der Waals surface area contributed by atoms with E-state index in [9.17, 15) is 0 Å². The van der Waals surface area contributed by atoms with Gasteiger partial charge in [-0.15, -0.1) is 0 Å². The first-order chi connectivity index (χ1) is 17.0. The first-order valence-corrected chi connectivity index (χ1v) is 13.9. The molecule has 4 nitrogen and oxygen atoms in total. The van der Waals surface area contributed by atoms with Crippen molar-refractivity contribution in [3.63, 3.8) is 0 Å². The number of allylic oxidation sites excluding steroid dienone is 2. The minimum Gasteiger partial charge on any atom is -0.360 e. The molecule has 0 atom stereocenters. The Balaban J connectivity index is 1.16. The van der Waals surface area contributed by atoms with Gasteiger partial charge in [0.25, 0.3) is 0 Å². The van der Waals surface area contributed by atoms with Gasteiger partial charge < -0.3 is 9.42 Å². The van der Waals surface area contributed by atoms with E-state index in [1.807, 2.05) is 29.5 Å². The second kappa shape index (κ2) is 8.09. The Morgan fingerprint density at radius 1 is 1.03 bits per heavy atom. The summed E-state index contributed by atoms with van der Waals surface area (Å²) in [5.41, 5.74) is 6.69. The second-order valence-electron chi connectivity index (χ2n) is 10.3. The van der Waals surface area contributed by atoms with E-state index in [-0.39, 0.29) is 5.41 Å². The molecule has 3 heterocycles. The van der Waals surface area contributed by atoms with Crippen molar-refractivity contribution in [3.8, 4) is 11.3 Å². The summed E-state index contributed by atoms with van der Waals surface area (Å²) >= 11 is 14.9. The zero-order valence-electron chi connectivity index (χ0n) is 19.5. The highest BCUT2D eigenvalue weighted by Crippen LogP contribution is 2.56. The lowest BCUT2D eigenvalue weighted by atomic mass is 9.63. The van der Waals surface area contributed by atoms with Crippen LogP contribution in [0.1, 0.15) is 54.9 Å². The average molecular weight is 523 g/mol. The SMILES string of the molecule is Cc1cccc2sc(N3CCC4(C=C(c5c(-c6c(Cl)cccc6Cl)noc5C5CC5)C4)CC3)nc12. The number of fused-ring (bicyclic) bond motifs is 1. The van der Waals surface area contributed by atoms with Crippen LogP contribution in [0.2, 0.25) is 10.0 Å². The third-order valence-electron chi connectivity index (χ3n) is 7.85. The van der Waals surface area contributed by atoms with E-state index in [2.05, 4.69) is 41.3 Å². The third-order valence-corrected chi connectivity index (χ3v) is 9.56. The number of aromatic nitrogens is 2. The Hall–Kier alpha value is -2.34. The zero-order valence-corrected chi connectivity index (χ0v) is 21.8. The molecule has 0 N–H and O–H groups in total. The zero-order chi connectivity index (χ0) is 23.7. The maximum absolute atomic E-state index is 6.57. The number of hydrogen-bond acceptors (Lipinski definition) is 5. The molecular weight excluding hydrogens is 497 g/mol. The third kappa shape index (κ3) is 3.62. The molecule has 3 aliphatic rings. The Bertz CT molecular complexity index is 1470. The number of rotatable bonds is 4. The second-order valence-corrected chi connectivity index (χ2v) is 12.1. The van der Waals surface area contributed by atoms with Crippen LogP contribution < -0.4 is 4.90 Å². The average Bonchev–Trinajstić information content (AvgIpc) is 3.43. The van der Waals surface area contributed by atoms with Crippen LogP contribution >= 0.6 is 34.5 Å². The molecular formula is C28H25Cl2N3OS. The van der Waals surface area contributed by atoms with Gasteiger partial charge in [-0.05, 0) is 73.8 Å². The summed E-state index contributed by atoms with van der Waals surface area (Å²) in [5.74, 6) is 1.48. The van der Waals surface area contributed by atoms with Crippen LogP contribution in [-0.4, -0.2) is 23.2 Å². The molecule has 178 valence electrons. The molecule has 7 rings (SSSR count). The van der Waals surface area contributed by atoms with Gasteiger partial charge in [0.2, 0.25) is 0 Å². The van der Waals surface area contributed by atoms with Crippen molar-refractivity contribution >= 4 is 55.5 Å². The molecule has 35 heavy (non-hydrogen) atoms. The number of aryl methyl sites for hydroxylation is 1. The standard InChI is InChI=1S/C28H25Cl2N3OS/c1-16-4-2-7-21-24(16)31-27(35-21)33-12-10-28(11-13-33)14-18(15-28)22-25(32-34-26(22)17-8-9-17)23-19(29)5-3-6-20(23)30/h2-7,14,17H,8-13,15H2,1H3. The van der Waals surface area contributed by atoms with E-state index in [1.165, 1.54) is 15.8 Å². The van der Waals surface area contributed by atoms with Crippen molar-refractivity contribution in [3.05, 3.63) is 69.4 Å². The topological polar surface area (TPSA) is 42.2 Å². The smallest absolute Gasteiger partial charge is 0.186 e. The van der Waals surface area contributed by atoms with Crippen LogP contribution in [0.25, 0.3) is 27.0 Å². The number of hydrogen-bond donors (Lipinski definition) is 0. The monoisotopic (exact) mass is 521 g/mol. The summed E-state index contributed by atoms with van der Waals surface area (Å²) in [4.78, 5) is 7.43. The number of nitrogens with zero attached hydrogens (tertiary/aromatic N) is 3. The highest BCUT2D eigenvalue weighted by molar-refractivity contribution is 7.22. The fraction of sp³-hybridized carbons (Fsp3) is 0.357. The molecule has 0 unspecified atom stereocenters. The number of halogens is 2. The largest absolute Gasteiger partial charge is 0.360 e. The van der Waals surface area contributed by atoms with Gasteiger partial charge in [-0.2, -0.15) is 0 Å². The van der Waals surface area contributed by atoms with Gasteiger partial charge >= 0.3 is 0 Å². The van der Waals surface area contributed by atoms with Gasteiger partial charge in [-0.25, -0.2) is 4.98 Å². The molecule has 1 aliphatic heterocycles. The summed E-state index contributed by atoms with van der Waals surface area (Å²) in [5, 5.41) is 6.87. The molecule has 2 fully saturated rings. The Labute approximate surface area is 218 Å². The van der Waals surface area contributed by atoms with Crippen molar-refractivity contribution in [2.75, 3.05) is 18.0 Å². The van der Waals surface area contributed by atoms with E-state index in [4.69, 9.17) is 32.7 Å². The van der Waals surface area contributed by atoms with Gasteiger partial charge in [-0.3, -0.25) is 0 Å². The van der Waals surface area contributed by atoms with Crippen LogP contribution in [0.3, 0.4) is 0 Å². The minimum absolute atomic E-state index is 0.248. The van der Waals surface area contributed by atoms with Crippen molar-refractivity contribution in [1.82, 2.24) is 10.1 Å². The predicted octanol–water partition coefficient (Wildman–Crippen LogP) is 8.52. The molecule has 7 heteroatoms. The normalized spacial score (nSPS) is 19.3. The molecule has 0 radical (unpaired) electrons. The van der Waals surface area contributed by atoms with Gasteiger partial charge in [0.05, 0.1) is 20.3 Å². The lowest BCUT2D eigenvalue weighted by molar-refractivity contribution is 0.277. The minimum atomic E-state index is 0.248. The lowest BCUT2D eigenvalue weighted by Crippen LogP contribution is -2.42. The molecule has 2 aliphatic carbocycles. The maximum Gasteiger partial charge on any atom is 0.186 e. The van der Waals surface area contributed by atoms with Gasteiger partial charge in [0, 0.05) is 30.1 Å². The summed E-state index contributed by atoms with van der Waals surface area (Å²) in [6.45, 7) is 4.21. The summed E-state index contributed by atoms with van der Waals surface area (Å²) in [6.07, 6.45) is 8.13. The van der Waals surface area contributed by atoms with Crippen LogP contribution in [0.15, 0.2) is 47.0 Å². The van der Waals surface area contributed by atoms with E-state index in [0.29, 0.717) is 16.0 Å². The van der Waals surface area contributed by atoms with E-state index < -0.39 is 0 Å². The van der Waals surface area contributed by atoms with E-state index in [1.54, 1.807) is 0 Å². The molecule has 4 aromatic rings. The molecule has 2 aromatic heterocycles. The fourth-order valence-electron chi connectivity index (χ4n) is 5.69. The number of benzene rings is 2. The Kier molecular flexibility index (Phi) is 5.06. The van der Waals surface area contributed by atoms with E-state index >= 15 is 0 Å². The molecule has 0 bridgehead atoms. The van der Waals surface area contributed by atoms with Crippen LogP contribution in [-0.2, 0) is 0 Å². The van der Waals surface area contributed by atoms with Gasteiger partial charge in [0.15, 0.2) is 5.13 Å². The quantitative estimate of drug-likeness (QED) is 0.269. The summed E-state index contributed by atoms with van der Waals surface area (Å²) in [7, 11) is 0. The molecule has 1 saturated carbocycles. The number of anilines is 1. The lowest BCUT2D eigenvalue weighted by Gasteiger charge is -2.46. The first kappa shape index (κ1) is 21.9. The van der Waals surface area contributed by atoms with Gasteiger partial charge in [0.1, 0.15) is 11.5 Å². The number of piperidine rings is 1. The Morgan fingerprint density at radius 2 is 1.74 bits per heavy atom. The summed E-state index contributed by atoms with van der Waals surface area (Å²) in [6, 6.07) is 12.0. The van der Waals surface area contributed by atoms with E-state index in [0.717, 1.165) is 78.4 Å². The molecule has 2 aromatic carbocycles. The fourth-order valence-corrected chi connectivity index (χ4v) is 7.36. The van der Waals surface area contributed by atoms with Crippen molar-refractivity contribution in [2.45, 2.75) is 44.9 Å². The maximum atomic E-state index is 6.57. The van der Waals surface area contributed by atoms with Crippen LogP contribution in [0, 0.1) is 12.3 Å². The summed E-state index contributed by atoms with van der Waals surface area (Å²) < 4.78 is 7.18. The van der Waals surface area contributed by atoms with Crippen molar-refractivity contribution in [2.24, 2.45) is 5.41 Å². The highest BCUT2D eigenvalue weighted by Gasteiger charge is 2.44. The molecule has 1 spiro atoms.